The minimum Gasteiger partial charge on any atom is -0.359 e. The van der Waals surface area contributed by atoms with Crippen molar-refractivity contribution in [2.45, 2.75) is 38.6 Å². The van der Waals surface area contributed by atoms with E-state index in [-0.39, 0.29) is 17.8 Å². The molecule has 0 aliphatic heterocycles. The Balaban J connectivity index is 1.52. The maximum atomic E-state index is 13.8. The van der Waals surface area contributed by atoms with E-state index in [0.29, 0.717) is 16.8 Å². The number of H-pyrrole nitrogens is 1. The normalized spacial score (nSPS) is 20.2. The summed E-state index contributed by atoms with van der Waals surface area (Å²) in [5, 5.41) is 3.87. The zero-order chi connectivity index (χ0) is 18.1. The first-order valence-electron chi connectivity index (χ1n) is 9.14. The van der Waals surface area contributed by atoms with Gasteiger partial charge >= 0.3 is 0 Å². The molecule has 2 heterocycles. The van der Waals surface area contributed by atoms with Gasteiger partial charge in [0.15, 0.2) is 5.82 Å². The number of benzene rings is 1. The van der Waals surface area contributed by atoms with Gasteiger partial charge in [0.05, 0.1) is 17.4 Å². The zero-order valence-electron chi connectivity index (χ0n) is 14.8. The Kier molecular flexibility index (Phi) is 4.45. The SMILES string of the molecule is CC1CCC(NC(=O)c2ccc(-c3ncc(F)c4[nH]ccc34)cc2)CC1. The first-order valence-corrected chi connectivity index (χ1v) is 9.14. The van der Waals surface area contributed by atoms with Gasteiger partial charge in [-0.05, 0) is 49.8 Å². The van der Waals surface area contributed by atoms with Gasteiger partial charge in [-0.1, -0.05) is 19.1 Å². The van der Waals surface area contributed by atoms with Crippen molar-refractivity contribution in [1.29, 1.82) is 0 Å². The Morgan fingerprint density at radius 3 is 2.62 bits per heavy atom. The monoisotopic (exact) mass is 351 g/mol. The van der Waals surface area contributed by atoms with Crippen LogP contribution in [0.15, 0.2) is 42.7 Å². The minimum absolute atomic E-state index is 0.0324. The van der Waals surface area contributed by atoms with E-state index in [2.05, 4.69) is 22.2 Å². The summed E-state index contributed by atoms with van der Waals surface area (Å²) in [5.41, 5.74) is 2.65. The van der Waals surface area contributed by atoms with Gasteiger partial charge in [0.1, 0.15) is 0 Å². The van der Waals surface area contributed by atoms with Crippen LogP contribution in [-0.4, -0.2) is 21.9 Å². The molecule has 1 aliphatic rings. The van der Waals surface area contributed by atoms with Crippen LogP contribution in [-0.2, 0) is 0 Å². The van der Waals surface area contributed by atoms with Crippen LogP contribution in [0, 0.1) is 11.7 Å². The molecule has 1 amide bonds. The molecule has 0 radical (unpaired) electrons. The van der Waals surface area contributed by atoms with Gasteiger partial charge in [0, 0.05) is 28.8 Å². The summed E-state index contributed by atoms with van der Waals surface area (Å²) in [4.78, 5) is 19.6. The van der Waals surface area contributed by atoms with Gasteiger partial charge in [0.2, 0.25) is 0 Å². The number of aromatic nitrogens is 2. The van der Waals surface area contributed by atoms with E-state index in [4.69, 9.17) is 0 Å². The minimum atomic E-state index is -0.369. The maximum Gasteiger partial charge on any atom is 0.251 e. The lowest BCUT2D eigenvalue weighted by atomic mass is 9.87. The van der Waals surface area contributed by atoms with Gasteiger partial charge < -0.3 is 10.3 Å². The number of aromatic amines is 1. The number of nitrogens with one attached hydrogen (secondary N) is 2. The second-order valence-electron chi connectivity index (χ2n) is 7.23. The molecule has 26 heavy (non-hydrogen) atoms. The summed E-state index contributed by atoms with van der Waals surface area (Å²) < 4.78 is 13.8. The highest BCUT2D eigenvalue weighted by atomic mass is 19.1. The Bertz CT molecular complexity index is 924. The van der Waals surface area contributed by atoms with Gasteiger partial charge in [-0.25, -0.2) is 4.39 Å². The van der Waals surface area contributed by atoms with Gasteiger partial charge in [-0.15, -0.1) is 0 Å². The molecular formula is C21H22FN3O. The number of carbonyl (C=O) groups is 1. The number of fused-ring (bicyclic) bond motifs is 1. The standard InChI is InChI=1S/C21H22FN3O/c1-13-2-8-16(9-3-13)25-21(26)15-6-4-14(5-7-15)19-17-10-11-23-20(17)18(22)12-24-19/h4-7,10-13,16,23H,2-3,8-9H2,1H3,(H,25,26). The first-order chi connectivity index (χ1) is 12.6. The lowest BCUT2D eigenvalue weighted by molar-refractivity contribution is 0.0923. The van der Waals surface area contributed by atoms with E-state index in [1.807, 2.05) is 18.2 Å². The number of nitrogens with zero attached hydrogens (tertiary/aromatic N) is 1. The molecule has 0 saturated heterocycles. The molecule has 0 atom stereocenters. The van der Waals surface area contributed by atoms with E-state index < -0.39 is 0 Å². The lowest BCUT2D eigenvalue weighted by Crippen LogP contribution is -2.37. The van der Waals surface area contributed by atoms with Crippen LogP contribution in [0.2, 0.25) is 0 Å². The van der Waals surface area contributed by atoms with Crippen LogP contribution in [0.1, 0.15) is 43.0 Å². The third-order valence-corrected chi connectivity index (χ3v) is 5.32. The highest BCUT2D eigenvalue weighted by Gasteiger charge is 2.20. The van der Waals surface area contributed by atoms with Crippen molar-refractivity contribution in [3.63, 3.8) is 0 Å². The van der Waals surface area contributed by atoms with Crippen LogP contribution >= 0.6 is 0 Å². The molecule has 2 aromatic heterocycles. The molecule has 0 spiro atoms. The molecule has 1 fully saturated rings. The highest BCUT2D eigenvalue weighted by Crippen LogP contribution is 2.28. The number of rotatable bonds is 3. The Hall–Kier alpha value is -2.69. The molecule has 1 aliphatic carbocycles. The Labute approximate surface area is 151 Å². The fourth-order valence-corrected chi connectivity index (χ4v) is 3.70. The van der Waals surface area contributed by atoms with Crippen molar-refractivity contribution in [3.05, 3.63) is 54.1 Å². The van der Waals surface area contributed by atoms with Crippen LogP contribution < -0.4 is 5.32 Å². The zero-order valence-corrected chi connectivity index (χ0v) is 14.8. The summed E-state index contributed by atoms with van der Waals surface area (Å²) in [6, 6.07) is 9.43. The number of pyridine rings is 1. The summed E-state index contributed by atoms with van der Waals surface area (Å²) in [6.07, 6.45) is 7.37. The predicted molar refractivity (Wildman–Crippen MR) is 100 cm³/mol. The van der Waals surface area contributed by atoms with Crippen LogP contribution in [0.3, 0.4) is 0 Å². The van der Waals surface area contributed by atoms with E-state index in [9.17, 15) is 9.18 Å². The van der Waals surface area contributed by atoms with Crippen LogP contribution in [0.4, 0.5) is 4.39 Å². The smallest absolute Gasteiger partial charge is 0.251 e. The fraction of sp³-hybridized carbons (Fsp3) is 0.333. The summed E-state index contributed by atoms with van der Waals surface area (Å²) in [7, 11) is 0. The molecule has 134 valence electrons. The van der Waals surface area contributed by atoms with Crippen molar-refractivity contribution in [2.24, 2.45) is 5.92 Å². The van der Waals surface area contributed by atoms with Crippen molar-refractivity contribution >= 4 is 16.8 Å². The second-order valence-corrected chi connectivity index (χ2v) is 7.23. The van der Waals surface area contributed by atoms with E-state index in [1.165, 1.54) is 19.0 Å². The molecular weight excluding hydrogens is 329 g/mol. The average molecular weight is 351 g/mol. The van der Waals surface area contributed by atoms with Crippen molar-refractivity contribution < 1.29 is 9.18 Å². The number of carbonyl (C=O) groups excluding carboxylic acids is 1. The van der Waals surface area contributed by atoms with Crippen molar-refractivity contribution in [2.75, 3.05) is 0 Å². The molecule has 2 N–H and O–H groups in total. The van der Waals surface area contributed by atoms with E-state index >= 15 is 0 Å². The molecule has 1 saturated carbocycles. The quantitative estimate of drug-likeness (QED) is 0.720. The second kappa shape index (κ2) is 6.90. The number of hydrogen-bond acceptors (Lipinski definition) is 2. The Morgan fingerprint density at radius 1 is 1.15 bits per heavy atom. The molecule has 5 heteroatoms. The molecule has 0 unspecified atom stereocenters. The largest absolute Gasteiger partial charge is 0.359 e. The maximum absolute atomic E-state index is 13.8. The average Bonchev–Trinajstić information content (AvgIpc) is 3.15. The third kappa shape index (κ3) is 3.21. The molecule has 0 bridgehead atoms. The van der Waals surface area contributed by atoms with E-state index in [0.717, 1.165) is 29.7 Å². The highest BCUT2D eigenvalue weighted by molar-refractivity contribution is 5.96. The van der Waals surface area contributed by atoms with E-state index in [1.54, 1.807) is 18.3 Å². The number of halogens is 1. The van der Waals surface area contributed by atoms with Crippen molar-refractivity contribution in [1.82, 2.24) is 15.3 Å². The summed E-state index contributed by atoms with van der Waals surface area (Å²) in [5.74, 6) is 0.359. The third-order valence-electron chi connectivity index (χ3n) is 5.32. The Morgan fingerprint density at radius 2 is 1.88 bits per heavy atom. The van der Waals surface area contributed by atoms with Gasteiger partial charge in [0.25, 0.3) is 5.91 Å². The van der Waals surface area contributed by atoms with Crippen molar-refractivity contribution in [3.8, 4) is 11.3 Å². The predicted octanol–water partition coefficient (Wildman–Crippen LogP) is 4.68. The van der Waals surface area contributed by atoms with Gasteiger partial charge in [-0.2, -0.15) is 0 Å². The first kappa shape index (κ1) is 16.8. The van der Waals surface area contributed by atoms with Crippen LogP contribution in [0.25, 0.3) is 22.2 Å². The summed E-state index contributed by atoms with van der Waals surface area (Å²) >= 11 is 0. The molecule has 4 rings (SSSR count). The van der Waals surface area contributed by atoms with Crippen LogP contribution in [0.5, 0.6) is 0 Å². The van der Waals surface area contributed by atoms with Gasteiger partial charge in [-0.3, -0.25) is 9.78 Å². The molecule has 1 aromatic carbocycles. The summed E-state index contributed by atoms with van der Waals surface area (Å²) in [6.45, 7) is 2.27. The molecule has 3 aromatic rings. The number of amides is 1. The fourth-order valence-electron chi connectivity index (χ4n) is 3.70. The lowest BCUT2D eigenvalue weighted by Gasteiger charge is -2.26. The molecule has 4 nitrogen and oxygen atoms in total. The topological polar surface area (TPSA) is 57.8 Å². The number of hydrogen-bond donors (Lipinski definition) is 2.